The fourth-order valence-corrected chi connectivity index (χ4v) is 4.42. The van der Waals surface area contributed by atoms with Gasteiger partial charge in [-0.15, -0.1) is 0 Å². The molecule has 1 unspecified atom stereocenters. The lowest BCUT2D eigenvalue weighted by molar-refractivity contribution is 0.469. The highest BCUT2D eigenvalue weighted by molar-refractivity contribution is 7.90. The molecule has 0 fully saturated rings. The molecule has 0 bridgehead atoms. The molecular weight excluding hydrogens is 322 g/mol. The normalized spacial score (nSPS) is 13.5. The number of aromatic amines is 1. The quantitative estimate of drug-likeness (QED) is 0.763. The third kappa shape index (κ3) is 2.84. The first-order valence-electron chi connectivity index (χ1n) is 6.64. The maximum absolute atomic E-state index is 11.4. The SMILES string of the molecule is CC(CS(C)(=O)=O)c1[nH]c2sc(-c3cccnc3)nc2c1O. The Hall–Kier alpha value is -1.93. The monoisotopic (exact) mass is 337 g/mol. The first-order valence-corrected chi connectivity index (χ1v) is 9.52. The number of hydrogen-bond donors (Lipinski definition) is 2. The number of aromatic hydroxyl groups is 1. The standard InChI is InChI=1S/C14H15N3O3S2/c1-8(7-22(2,19)20)10-12(18)11-14(16-10)21-13(17-11)9-4-3-5-15-6-9/h3-6,8,16,18H,7H2,1-2H3. The lowest BCUT2D eigenvalue weighted by Gasteiger charge is -2.08. The third-order valence-corrected chi connectivity index (χ3v) is 5.43. The second-order valence-corrected chi connectivity index (χ2v) is 8.50. The second kappa shape index (κ2) is 5.36. The molecular formula is C14H15N3O3S2. The van der Waals surface area contributed by atoms with E-state index in [1.54, 1.807) is 19.3 Å². The van der Waals surface area contributed by atoms with Crippen molar-refractivity contribution in [2.75, 3.05) is 12.0 Å². The van der Waals surface area contributed by atoms with E-state index in [-0.39, 0.29) is 17.4 Å². The number of pyridine rings is 1. The van der Waals surface area contributed by atoms with E-state index in [9.17, 15) is 13.5 Å². The highest BCUT2D eigenvalue weighted by Gasteiger charge is 2.22. The maximum Gasteiger partial charge on any atom is 0.164 e. The summed E-state index contributed by atoms with van der Waals surface area (Å²) in [5.74, 6) is -0.320. The van der Waals surface area contributed by atoms with Gasteiger partial charge in [-0.05, 0) is 12.1 Å². The van der Waals surface area contributed by atoms with Crippen LogP contribution in [0.5, 0.6) is 5.75 Å². The van der Waals surface area contributed by atoms with Crippen LogP contribution in [0, 0.1) is 0 Å². The van der Waals surface area contributed by atoms with Gasteiger partial charge >= 0.3 is 0 Å². The van der Waals surface area contributed by atoms with Gasteiger partial charge in [-0.1, -0.05) is 18.3 Å². The number of rotatable bonds is 4. The number of hydrogen-bond acceptors (Lipinski definition) is 6. The first-order chi connectivity index (χ1) is 10.3. The topological polar surface area (TPSA) is 95.9 Å². The van der Waals surface area contributed by atoms with Crippen LogP contribution in [0.25, 0.3) is 20.9 Å². The molecule has 3 aromatic rings. The average molecular weight is 337 g/mol. The molecule has 22 heavy (non-hydrogen) atoms. The van der Waals surface area contributed by atoms with E-state index in [1.165, 1.54) is 17.6 Å². The molecule has 0 spiro atoms. The van der Waals surface area contributed by atoms with E-state index in [1.807, 2.05) is 12.1 Å². The van der Waals surface area contributed by atoms with Crippen molar-refractivity contribution in [3.63, 3.8) is 0 Å². The number of nitrogens with one attached hydrogen (secondary N) is 1. The minimum atomic E-state index is -3.12. The number of nitrogens with zero attached hydrogens (tertiary/aromatic N) is 2. The van der Waals surface area contributed by atoms with Gasteiger partial charge in [0.25, 0.3) is 0 Å². The van der Waals surface area contributed by atoms with Gasteiger partial charge in [0.2, 0.25) is 0 Å². The number of H-pyrrole nitrogens is 1. The van der Waals surface area contributed by atoms with Crippen LogP contribution < -0.4 is 0 Å². The van der Waals surface area contributed by atoms with E-state index in [4.69, 9.17) is 0 Å². The summed E-state index contributed by atoms with van der Waals surface area (Å²) < 4.78 is 22.8. The Labute approximate surface area is 131 Å². The van der Waals surface area contributed by atoms with Gasteiger partial charge in [0.05, 0.1) is 11.4 Å². The van der Waals surface area contributed by atoms with Crippen LogP contribution >= 0.6 is 11.3 Å². The lowest BCUT2D eigenvalue weighted by Crippen LogP contribution is -2.10. The van der Waals surface area contributed by atoms with E-state index in [0.29, 0.717) is 11.2 Å². The smallest absolute Gasteiger partial charge is 0.164 e. The molecule has 3 rings (SSSR count). The molecule has 0 aliphatic carbocycles. The summed E-state index contributed by atoms with van der Waals surface area (Å²) in [5.41, 5.74) is 1.86. The van der Waals surface area contributed by atoms with Gasteiger partial charge in [0.1, 0.15) is 25.2 Å². The van der Waals surface area contributed by atoms with Gasteiger partial charge in [-0.2, -0.15) is 0 Å². The van der Waals surface area contributed by atoms with E-state index >= 15 is 0 Å². The molecule has 0 radical (unpaired) electrons. The van der Waals surface area contributed by atoms with Crippen LogP contribution in [-0.2, 0) is 9.84 Å². The van der Waals surface area contributed by atoms with Crippen LogP contribution in [0.3, 0.4) is 0 Å². The summed E-state index contributed by atoms with van der Waals surface area (Å²) in [7, 11) is -3.12. The Morgan fingerprint density at radius 1 is 1.45 bits per heavy atom. The van der Waals surface area contributed by atoms with E-state index in [2.05, 4.69) is 15.0 Å². The van der Waals surface area contributed by atoms with Gasteiger partial charge in [-0.3, -0.25) is 4.98 Å². The molecule has 0 amide bonds. The van der Waals surface area contributed by atoms with Crippen LogP contribution in [0.4, 0.5) is 0 Å². The zero-order valence-electron chi connectivity index (χ0n) is 12.1. The van der Waals surface area contributed by atoms with Crippen molar-refractivity contribution in [2.24, 2.45) is 0 Å². The summed E-state index contributed by atoms with van der Waals surface area (Å²) in [6.45, 7) is 1.76. The summed E-state index contributed by atoms with van der Waals surface area (Å²) >= 11 is 1.40. The summed E-state index contributed by atoms with van der Waals surface area (Å²) in [6.07, 6.45) is 4.58. The van der Waals surface area contributed by atoms with Gasteiger partial charge in [-0.25, -0.2) is 13.4 Å². The zero-order valence-corrected chi connectivity index (χ0v) is 13.7. The lowest BCUT2D eigenvalue weighted by atomic mass is 10.1. The predicted octanol–water partition coefficient (Wildman–Crippen LogP) is 2.54. The van der Waals surface area contributed by atoms with Crippen LogP contribution in [-0.4, -0.2) is 40.5 Å². The van der Waals surface area contributed by atoms with Crippen molar-refractivity contribution in [3.8, 4) is 16.3 Å². The molecule has 1 atom stereocenters. The Morgan fingerprint density at radius 3 is 2.82 bits per heavy atom. The maximum atomic E-state index is 11.4. The summed E-state index contributed by atoms with van der Waals surface area (Å²) in [4.78, 5) is 12.3. The van der Waals surface area contributed by atoms with Crippen LogP contribution in [0.1, 0.15) is 18.5 Å². The van der Waals surface area contributed by atoms with E-state index < -0.39 is 9.84 Å². The third-order valence-electron chi connectivity index (χ3n) is 3.31. The fourth-order valence-electron chi connectivity index (χ4n) is 2.38. The van der Waals surface area contributed by atoms with Crippen molar-refractivity contribution in [3.05, 3.63) is 30.2 Å². The van der Waals surface area contributed by atoms with Crippen LogP contribution in [0.2, 0.25) is 0 Å². The minimum Gasteiger partial charge on any atom is -0.504 e. The highest BCUT2D eigenvalue weighted by Crippen LogP contribution is 2.38. The molecule has 0 aromatic carbocycles. The summed E-state index contributed by atoms with van der Waals surface area (Å²) in [5, 5.41) is 11.1. The Morgan fingerprint density at radius 2 is 2.23 bits per heavy atom. The second-order valence-electron chi connectivity index (χ2n) is 5.32. The Kier molecular flexibility index (Phi) is 3.65. The molecule has 6 nitrogen and oxygen atoms in total. The number of thiazole rings is 1. The number of sulfone groups is 1. The van der Waals surface area contributed by atoms with Crippen molar-refractivity contribution in [1.29, 1.82) is 0 Å². The fraction of sp³-hybridized carbons (Fsp3) is 0.286. The zero-order chi connectivity index (χ0) is 15.9. The van der Waals surface area contributed by atoms with Gasteiger partial charge in [0, 0.05) is 30.1 Å². The first kappa shape index (κ1) is 15.0. The molecule has 0 aliphatic rings. The van der Waals surface area contributed by atoms with E-state index in [0.717, 1.165) is 15.4 Å². The molecule has 116 valence electrons. The largest absolute Gasteiger partial charge is 0.504 e. The summed E-state index contributed by atoms with van der Waals surface area (Å²) in [6, 6.07) is 3.72. The molecule has 0 aliphatic heterocycles. The molecule has 3 aromatic heterocycles. The van der Waals surface area contributed by atoms with Crippen molar-refractivity contribution >= 4 is 31.5 Å². The van der Waals surface area contributed by atoms with Crippen LogP contribution in [0.15, 0.2) is 24.5 Å². The number of aromatic nitrogens is 3. The van der Waals surface area contributed by atoms with Crippen molar-refractivity contribution in [2.45, 2.75) is 12.8 Å². The number of fused-ring (bicyclic) bond motifs is 1. The highest BCUT2D eigenvalue weighted by atomic mass is 32.2. The average Bonchev–Trinajstić information content (AvgIpc) is 2.98. The molecule has 2 N–H and O–H groups in total. The van der Waals surface area contributed by atoms with Gasteiger partial charge in [0.15, 0.2) is 5.75 Å². The Balaban J connectivity index is 2.00. The van der Waals surface area contributed by atoms with Gasteiger partial charge < -0.3 is 10.1 Å². The minimum absolute atomic E-state index is 0.0240. The van der Waals surface area contributed by atoms with Crippen molar-refractivity contribution < 1.29 is 13.5 Å². The molecule has 0 saturated heterocycles. The Bertz CT molecular complexity index is 914. The molecule has 8 heteroatoms. The van der Waals surface area contributed by atoms with Crippen molar-refractivity contribution in [1.82, 2.24) is 15.0 Å². The predicted molar refractivity (Wildman–Crippen MR) is 87.0 cm³/mol. The molecule has 0 saturated carbocycles. The molecule has 3 heterocycles.